The molecule has 0 saturated heterocycles. The minimum Gasteiger partial charge on any atom is -0.496 e. The summed E-state index contributed by atoms with van der Waals surface area (Å²) in [5.41, 5.74) is 9.80. The van der Waals surface area contributed by atoms with Gasteiger partial charge in [-0.2, -0.15) is 0 Å². The second-order valence-electron chi connectivity index (χ2n) is 5.12. The molecule has 0 bridgehead atoms. The van der Waals surface area contributed by atoms with Gasteiger partial charge in [-0.25, -0.2) is 4.85 Å². The highest BCUT2D eigenvalue weighted by Crippen LogP contribution is 2.40. The quantitative estimate of drug-likeness (QED) is 0.865. The molecular weight excluding hydrogens is 284 g/mol. The molecule has 0 spiro atoms. The molecule has 21 heavy (non-hydrogen) atoms. The molecule has 3 nitrogen and oxygen atoms in total. The fraction of sp³-hybridized carbons (Fsp3) is 0.235. The molecule has 0 radical (unpaired) electrons. The molecule has 1 saturated carbocycles. The van der Waals surface area contributed by atoms with E-state index >= 15 is 0 Å². The Morgan fingerprint density at radius 3 is 2.38 bits per heavy atom. The molecule has 2 aromatic carbocycles. The average molecular weight is 301 g/mol. The van der Waals surface area contributed by atoms with E-state index in [0.717, 1.165) is 23.3 Å². The van der Waals surface area contributed by atoms with Crippen molar-refractivity contribution in [3.8, 4) is 16.9 Å². The molecule has 1 fully saturated rings. The minimum absolute atomic E-state index is 0. The first kappa shape index (κ1) is 15.4. The average Bonchev–Trinajstić information content (AvgIpc) is 3.23. The molecule has 0 amide bonds. The first-order valence-corrected chi connectivity index (χ1v) is 6.64. The van der Waals surface area contributed by atoms with E-state index in [1.165, 1.54) is 5.56 Å². The fourth-order valence-electron chi connectivity index (χ4n) is 2.50. The van der Waals surface area contributed by atoms with E-state index in [1.54, 1.807) is 13.2 Å². The number of halogens is 1. The highest BCUT2D eigenvalue weighted by Gasteiger charge is 2.34. The summed E-state index contributed by atoms with van der Waals surface area (Å²) in [6, 6.07) is 14.2. The van der Waals surface area contributed by atoms with Crippen molar-refractivity contribution in [3.05, 3.63) is 59.4 Å². The lowest BCUT2D eigenvalue weighted by Crippen LogP contribution is -2.00. The molecule has 2 N–H and O–H groups in total. The number of ether oxygens (including phenoxy) is 1. The number of hydrogen-bond acceptors (Lipinski definition) is 2. The summed E-state index contributed by atoms with van der Waals surface area (Å²) in [5, 5.41) is 0. The van der Waals surface area contributed by atoms with Crippen molar-refractivity contribution < 1.29 is 4.74 Å². The maximum atomic E-state index is 7.12. The van der Waals surface area contributed by atoms with E-state index in [9.17, 15) is 0 Å². The smallest absolute Gasteiger partial charge is 0.188 e. The summed E-state index contributed by atoms with van der Waals surface area (Å²) in [7, 11) is 1.65. The molecule has 0 heterocycles. The first-order valence-electron chi connectivity index (χ1n) is 6.64. The highest BCUT2D eigenvalue weighted by atomic mass is 35.5. The van der Waals surface area contributed by atoms with Gasteiger partial charge in [0, 0.05) is 17.5 Å². The molecular formula is C17H17ClN2O. The molecule has 0 aliphatic heterocycles. The van der Waals surface area contributed by atoms with E-state index in [4.69, 9.17) is 17.0 Å². The van der Waals surface area contributed by atoms with Crippen molar-refractivity contribution >= 4 is 18.1 Å². The van der Waals surface area contributed by atoms with Gasteiger partial charge >= 0.3 is 0 Å². The predicted molar refractivity (Wildman–Crippen MR) is 87.3 cm³/mol. The van der Waals surface area contributed by atoms with E-state index < -0.39 is 0 Å². The van der Waals surface area contributed by atoms with Crippen LogP contribution in [0.15, 0.2) is 42.5 Å². The molecule has 0 aromatic heterocycles. The zero-order chi connectivity index (χ0) is 14.1. The van der Waals surface area contributed by atoms with Crippen LogP contribution < -0.4 is 10.5 Å². The van der Waals surface area contributed by atoms with Crippen LogP contribution in [0.4, 0.5) is 5.69 Å². The normalized spacial score (nSPS) is 19.3. The summed E-state index contributed by atoms with van der Waals surface area (Å²) in [6.07, 6.45) is 1.08. The molecule has 1 aliphatic rings. The van der Waals surface area contributed by atoms with Crippen molar-refractivity contribution in [1.82, 2.24) is 0 Å². The lowest BCUT2D eigenvalue weighted by Gasteiger charge is -2.10. The van der Waals surface area contributed by atoms with E-state index in [0.29, 0.717) is 17.6 Å². The second-order valence-corrected chi connectivity index (χ2v) is 5.12. The zero-order valence-corrected chi connectivity index (χ0v) is 12.6. The Bertz CT molecular complexity index is 676. The lowest BCUT2D eigenvalue weighted by molar-refractivity contribution is 0.416. The summed E-state index contributed by atoms with van der Waals surface area (Å²) >= 11 is 0. The first-order chi connectivity index (χ1) is 9.72. The third-order valence-corrected chi connectivity index (χ3v) is 3.80. The van der Waals surface area contributed by atoms with Crippen molar-refractivity contribution in [2.75, 3.05) is 7.11 Å². The van der Waals surface area contributed by atoms with Crippen LogP contribution in [0.25, 0.3) is 16.0 Å². The van der Waals surface area contributed by atoms with E-state index in [2.05, 4.69) is 29.1 Å². The maximum Gasteiger partial charge on any atom is 0.188 e. The zero-order valence-electron chi connectivity index (χ0n) is 11.7. The van der Waals surface area contributed by atoms with Crippen LogP contribution in [0.1, 0.15) is 17.9 Å². The molecule has 4 heteroatoms. The number of nitrogens with two attached hydrogens (primary N) is 1. The van der Waals surface area contributed by atoms with Gasteiger partial charge in [0.25, 0.3) is 0 Å². The van der Waals surface area contributed by atoms with Gasteiger partial charge in [-0.15, -0.1) is 12.4 Å². The molecule has 0 unspecified atom stereocenters. The minimum atomic E-state index is 0. The van der Waals surface area contributed by atoms with Crippen LogP contribution in [0.2, 0.25) is 0 Å². The number of rotatable bonds is 3. The molecule has 2 atom stereocenters. The molecule has 108 valence electrons. The summed E-state index contributed by atoms with van der Waals surface area (Å²) in [5.74, 6) is 1.30. The summed E-state index contributed by atoms with van der Waals surface area (Å²) in [6.45, 7) is 7.12. The molecule has 2 aromatic rings. The van der Waals surface area contributed by atoms with Crippen LogP contribution in [0.5, 0.6) is 5.75 Å². The third-order valence-electron chi connectivity index (χ3n) is 3.80. The van der Waals surface area contributed by atoms with Crippen LogP contribution in [-0.4, -0.2) is 13.2 Å². The van der Waals surface area contributed by atoms with Crippen LogP contribution in [-0.2, 0) is 0 Å². The number of hydrogen-bond donors (Lipinski definition) is 1. The SMILES string of the molecule is Cl.[C-]#[N+]c1ccc(OC)c(-c2ccc([C@H]3C[C@@H]3N)cc2)c1. The van der Waals surface area contributed by atoms with Gasteiger partial charge < -0.3 is 10.5 Å². The highest BCUT2D eigenvalue weighted by molar-refractivity contribution is 5.85. The van der Waals surface area contributed by atoms with Gasteiger partial charge in [0.1, 0.15) is 5.75 Å². The van der Waals surface area contributed by atoms with Crippen LogP contribution >= 0.6 is 12.4 Å². The van der Waals surface area contributed by atoms with Gasteiger partial charge in [0.05, 0.1) is 13.7 Å². The number of methoxy groups -OCH3 is 1. The Kier molecular flexibility index (Phi) is 4.52. The van der Waals surface area contributed by atoms with Crippen molar-refractivity contribution in [1.29, 1.82) is 0 Å². The Morgan fingerprint density at radius 1 is 1.19 bits per heavy atom. The number of nitrogens with zero attached hydrogens (tertiary/aromatic N) is 1. The summed E-state index contributed by atoms with van der Waals surface area (Å²) in [4.78, 5) is 3.48. The maximum absolute atomic E-state index is 7.12. The van der Waals surface area contributed by atoms with E-state index in [1.807, 2.05) is 12.1 Å². The van der Waals surface area contributed by atoms with Gasteiger partial charge in [-0.3, -0.25) is 0 Å². The van der Waals surface area contributed by atoms with Crippen molar-refractivity contribution in [3.63, 3.8) is 0 Å². The number of benzene rings is 2. The lowest BCUT2D eigenvalue weighted by atomic mass is 10.0. The molecule has 3 rings (SSSR count). The predicted octanol–water partition coefficient (Wildman–Crippen LogP) is 4.15. The van der Waals surface area contributed by atoms with Crippen molar-refractivity contribution in [2.24, 2.45) is 5.73 Å². The van der Waals surface area contributed by atoms with Crippen molar-refractivity contribution in [2.45, 2.75) is 18.4 Å². The van der Waals surface area contributed by atoms with Gasteiger partial charge in [0.2, 0.25) is 0 Å². The second kappa shape index (κ2) is 6.17. The van der Waals surface area contributed by atoms with Gasteiger partial charge in [-0.05, 0) is 29.7 Å². The fourth-order valence-corrected chi connectivity index (χ4v) is 2.50. The van der Waals surface area contributed by atoms with E-state index in [-0.39, 0.29) is 12.4 Å². The Hall–Kier alpha value is -2.02. The summed E-state index contributed by atoms with van der Waals surface area (Å²) < 4.78 is 5.38. The standard InChI is InChI=1S/C17H16N2O.ClH/c1-19-13-7-8-17(20-2)15(9-13)12-5-3-11(4-6-12)14-10-16(14)18;/h3-9,14,16H,10,18H2,2H3;1H/t14-,16+;/m1./s1. The van der Waals surface area contributed by atoms with Crippen LogP contribution in [0.3, 0.4) is 0 Å². The Balaban J connectivity index is 0.00000161. The van der Waals surface area contributed by atoms with Crippen LogP contribution in [0, 0.1) is 6.57 Å². The van der Waals surface area contributed by atoms with Gasteiger partial charge in [0.15, 0.2) is 5.69 Å². The van der Waals surface area contributed by atoms with Gasteiger partial charge in [-0.1, -0.05) is 30.3 Å². The largest absolute Gasteiger partial charge is 0.496 e. The topological polar surface area (TPSA) is 39.6 Å². The third kappa shape index (κ3) is 3.02. The Labute approximate surface area is 131 Å². The Morgan fingerprint density at radius 2 is 1.86 bits per heavy atom. The molecule has 1 aliphatic carbocycles. The monoisotopic (exact) mass is 300 g/mol.